The standard InChI is InChI=1S/C20H29N5O2/c1-4-18(26)23-9-6-16(7-10-23)19(27)24-11-13-25(14-12-24)20-21-8-5-17(22-20)15(2)3/h4-5,8,15-16H,1,6-7,9-14H2,2-3H3. The highest BCUT2D eigenvalue weighted by atomic mass is 16.2. The van der Waals surface area contributed by atoms with E-state index in [1.54, 1.807) is 4.90 Å². The molecule has 2 aliphatic heterocycles. The lowest BCUT2D eigenvalue weighted by Crippen LogP contribution is -2.52. The van der Waals surface area contributed by atoms with Crippen molar-refractivity contribution in [3.63, 3.8) is 0 Å². The van der Waals surface area contributed by atoms with E-state index in [0.29, 0.717) is 32.1 Å². The highest BCUT2D eigenvalue weighted by Gasteiger charge is 2.31. The number of amides is 2. The van der Waals surface area contributed by atoms with Crippen LogP contribution in [0.5, 0.6) is 0 Å². The minimum absolute atomic E-state index is 0.0194. The average molecular weight is 371 g/mol. The van der Waals surface area contributed by atoms with Crippen molar-refractivity contribution in [3.05, 3.63) is 30.6 Å². The molecule has 2 saturated heterocycles. The monoisotopic (exact) mass is 371 g/mol. The number of piperazine rings is 1. The Morgan fingerprint density at radius 1 is 1.11 bits per heavy atom. The van der Waals surface area contributed by atoms with E-state index >= 15 is 0 Å². The smallest absolute Gasteiger partial charge is 0.245 e. The molecule has 3 rings (SSSR count). The Labute approximate surface area is 161 Å². The number of hydrogen-bond donors (Lipinski definition) is 0. The summed E-state index contributed by atoms with van der Waals surface area (Å²) in [5.41, 5.74) is 1.04. The summed E-state index contributed by atoms with van der Waals surface area (Å²) in [6, 6.07) is 1.96. The highest BCUT2D eigenvalue weighted by molar-refractivity contribution is 5.87. The summed E-state index contributed by atoms with van der Waals surface area (Å²) < 4.78 is 0. The molecule has 0 atom stereocenters. The van der Waals surface area contributed by atoms with Crippen LogP contribution in [-0.4, -0.2) is 70.9 Å². The largest absolute Gasteiger partial charge is 0.339 e. The molecule has 146 valence electrons. The SMILES string of the molecule is C=CC(=O)N1CCC(C(=O)N2CCN(c3nccc(C(C)C)n3)CC2)CC1. The van der Waals surface area contributed by atoms with E-state index in [1.165, 1.54) is 6.08 Å². The van der Waals surface area contributed by atoms with E-state index in [9.17, 15) is 9.59 Å². The molecule has 7 heteroatoms. The third kappa shape index (κ3) is 4.46. The quantitative estimate of drug-likeness (QED) is 0.753. The fraction of sp³-hybridized carbons (Fsp3) is 0.600. The van der Waals surface area contributed by atoms with Gasteiger partial charge in [0.1, 0.15) is 0 Å². The highest BCUT2D eigenvalue weighted by Crippen LogP contribution is 2.22. The first kappa shape index (κ1) is 19.3. The van der Waals surface area contributed by atoms with Gasteiger partial charge in [0.2, 0.25) is 17.8 Å². The van der Waals surface area contributed by atoms with Crippen LogP contribution in [0.4, 0.5) is 5.95 Å². The lowest BCUT2D eigenvalue weighted by atomic mass is 9.95. The predicted molar refractivity (Wildman–Crippen MR) is 104 cm³/mol. The van der Waals surface area contributed by atoms with Crippen molar-refractivity contribution in [2.24, 2.45) is 5.92 Å². The van der Waals surface area contributed by atoms with E-state index in [1.807, 2.05) is 17.2 Å². The molecule has 0 unspecified atom stereocenters. The average Bonchev–Trinajstić information content (AvgIpc) is 2.73. The van der Waals surface area contributed by atoms with Crippen molar-refractivity contribution in [1.82, 2.24) is 19.8 Å². The van der Waals surface area contributed by atoms with E-state index in [4.69, 9.17) is 0 Å². The molecule has 0 radical (unpaired) electrons. The Hall–Kier alpha value is -2.44. The summed E-state index contributed by atoms with van der Waals surface area (Å²) in [4.78, 5) is 39.5. The molecule has 2 aliphatic rings. The number of hydrogen-bond acceptors (Lipinski definition) is 5. The maximum Gasteiger partial charge on any atom is 0.245 e. The summed E-state index contributed by atoms with van der Waals surface area (Å²) >= 11 is 0. The maximum atomic E-state index is 12.8. The fourth-order valence-electron chi connectivity index (χ4n) is 3.70. The molecular formula is C20H29N5O2. The van der Waals surface area contributed by atoms with Crippen LogP contribution in [0.3, 0.4) is 0 Å². The summed E-state index contributed by atoms with van der Waals surface area (Å²) in [7, 11) is 0. The van der Waals surface area contributed by atoms with Crippen LogP contribution < -0.4 is 4.90 Å². The topological polar surface area (TPSA) is 69.6 Å². The Morgan fingerprint density at radius 2 is 1.78 bits per heavy atom. The van der Waals surface area contributed by atoms with Crippen LogP contribution in [0.1, 0.15) is 38.3 Å². The van der Waals surface area contributed by atoms with Crippen LogP contribution in [-0.2, 0) is 9.59 Å². The fourth-order valence-corrected chi connectivity index (χ4v) is 3.70. The van der Waals surface area contributed by atoms with Crippen molar-refractivity contribution >= 4 is 17.8 Å². The molecule has 27 heavy (non-hydrogen) atoms. The van der Waals surface area contributed by atoms with Gasteiger partial charge in [0.05, 0.1) is 0 Å². The summed E-state index contributed by atoms with van der Waals surface area (Å²) in [6.07, 6.45) is 4.63. The molecule has 2 amide bonds. The summed E-state index contributed by atoms with van der Waals surface area (Å²) in [6.45, 7) is 11.9. The third-order valence-corrected chi connectivity index (χ3v) is 5.46. The first-order chi connectivity index (χ1) is 13.0. The van der Waals surface area contributed by atoms with Gasteiger partial charge in [-0.3, -0.25) is 9.59 Å². The van der Waals surface area contributed by atoms with Crippen LogP contribution in [0.25, 0.3) is 0 Å². The second-order valence-corrected chi connectivity index (χ2v) is 7.55. The molecule has 3 heterocycles. The van der Waals surface area contributed by atoms with Crippen molar-refractivity contribution in [1.29, 1.82) is 0 Å². The van der Waals surface area contributed by atoms with Crippen LogP contribution in [0, 0.1) is 5.92 Å². The van der Waals surface area contributed by atoms with E-state index in [0.717, 1.165) is 37.6 Å². The molecular weight excluding hydrogens is 342 g/mol. The number of carbonyl (C=O) groups is 2. The molecule has 0 saturated carbocycles. The Bertz CT molecular complexity index is 689. The van der Waals surface area contributed by atoms with E-state index in [2.05, 4.69) is 35.3 Å². The van der Waals surface area contributed by atoms with Gasteiger partial charge in [-0.15, -0.1) is 0 Å². The minimum Gasteiger partial charge on any atom is -0.339 e. The molecule has 7 nitrogen and oxygen atoms in total. The van der Waals surface area contributed by atoms with Gasteiger partial charge < -0.3 is 14.7 Å². The number of anilines is 1. The summed E-state index contributed by atoms with van der Waals surface area (Å²) in [5, 5.41) is 0. The Morgan fingerprint density at radius 3 is 2.37 bits per heavy atom. The normalized spacial score (nSPS) is 18.7. The van der Waals surface area contributed by atoms with Gasteiger partial charge in [0.15, 0.2) is 0 Å². The van der Waals surface area contributed by atoms with Gasteiger partial charge in [0.25, 0.3) is 0 Å². The van der Waals surface area contributed by atoms with Crippen molar-refractivity contribution in [3.8, 4) is 0 Å². The van der Waals surface area contributed by atoms with Gasteiger partial charge in [0, 0.05) is 57.1 Å². The van der Waals surface area contributed by atoms with Crippen molar-refractivity contribution < 1.29 is 9.59 Å². The zero-order chi connectivity index (χ0) is 19.4. The zero-order valence-electron chi connectivity index (χ0n) is 16.3. The molecule has 0 aromatic carbocycles. The molecule has 0 bridgehead atoms. The lowest BCUT2D eigenvalue weighted by molar-refractivity contribution is -0.139. The second kappa shape index (κ2) is 8.50. The number of piperidine rings is 1. The van der Waals surface area contributed by atoms with Gasteiger partial charge in [-0.05, 0) is 30.9 Å². The number of nitrogens with zero attached hydrogens (tertiary/aromatic N) is 5. The first-order valence-corrected chi connectivity index (χ1v) is 9.77. The zero-order valence-corrected chi connectivity index (χ0v) is 16.3. The van der Waals surface area contributed by atoms with Crippen LogP contribution in [0.2, 0.25) is 0 Å². The third-order valence-electron chi connectivity index (χ3n) is 5.46. The molecule has 0 aliphatic carbocycles. The van der Waals surface area contributed by atoms with Crippen molar-refractivity contribution in [2.75, 3.05) is 44.2 Å². The Balaban J connectivity index is 1.52. The van der Waals surface area contributed by atoms with Crippen LogP contribution >= 0.6 is 0 Å². The number of rotatable bonds is 4. The van der Waals surface area contributed by atoms with Gasteiger partial charge >= 0.3 is 0 Å². The molecule has 0 spiro atoms. The van der Waals surface area contributed by atoms with E-state index < -0.39 is 0 Å². The van der Waals surface area contributed by atoms with Gasteiger partial charge in [-0.1, -0.05) is 20.4 Å². The second-order valence-electron chi connectivity index (χ2n) is 7.55. The first-order valence-electron chi connectivity index (χ1n) is 9.77. The number of likely N-dealkylation sites (tertiary alicyclic amines) is 1. The number of carbonyl (C=O) groups excluding carboxylic acids is 2. The molecule has 1 aromatic heterocycles. The maximum absolute atomic E-state index is 12.8. The Kier molecular flexibility index (Phi) is 6.08. The minimum atomic E-state index is -0.0434. The summed E-state index contributed by atoms with van der Waals surface area (Å²) in [5.74, 6) is 1.32. The molecule has 2 fully saturated rings. The molecule has 1 aromatic rings. The van der Waals surface area contributed by atoms with Gasteiger partial charge in [-0.25, -0.2) is 9.97 Å². The predicted octanol–water partition coefficient (Wildman–Crippen LogP) is 1.67. The van der Waals surface area contributed by atoms with Gasteiger partial charge in [-0.2, -0.15) is 0 Å². The lowest BCUT2D eigenvalue weighted by Gasteiger charge is -2.38. The molecule has 0 N–H and O–H groups in total. The van der Waals surface area contributed by atoms with Crippen LogP contribution in [0.15, 0.2) is 24.9 Å². The number of aromatic nitrogens is 2. The van der Waals surface area contributed by atoms with E-state index in [-0.39, 0.29) is 17.7 Å². The van der Waals surface area contributed by atoms with Crippen molar-refractivity contribution in [2.45, 2.75) is 32.6 Å².